The Bertz CT molecular complexity index is 607. The van der Waals surface area contributed by atoms with Gasteiger partial charge in [-0.05, 0) is 49.8 Å². The van der Waals surface area contributed by atoms with E-state index in [4.69, 9.17) is 5.73 Å². The molecule has 0 amide bonds. The number of nitrogen functional groups attached to an aromatic ring is 1. The molecule has 0 radical (unpaired) electrons. The van der Waals surface area contributed by atoms with Gasteiger partial charge in [0, 0.05) is 19.3 Å². The number of hydrogen-bond acceptors (Lipinski definition) is 4. The van der Waals surface area contributed by atoms with Crippen LogP contribution in [0, 0.1) is 19.8 Å². The molecule has 0 aliphatic heterocycles. The zero-order chi connectivity index (χ0) is 15.1. The molecule has 0 unspecified atom stereocenters. The summed E-state index contributed by atoms with van der Waals surface area (Å²) in [4.78, 5) is 0.305. The van der Waals surface area contributed by atoms with Crippen LogP contribution in [-0.2, 0) is 10.0 Å². The van der Waals surface area contributed by atoms with Crippen molar-refractivity contribution in [2.24, 2.45) is 5.92 Å². The summed E-state index contributed by atoms with van der Waals surface area (Å²) in [6.07, 6.45) is 1.08. The number of rotatable bonds is 4. The molecule has 112 valence electrons. The maximum Gasteiger partial charge on any atom is 0.243 e. The van der Waals surface area contributed by atoms with Gasteiger partial charge in [-0.3, -0.25) is 0 Å². The monoisotopic (exact) mass is 298 g/mol. The van der Waals surface area contributed by atoms with E-state index in [1.807, 2.05) is 0 Å². The molecular weight excluding hydrogens is 276 g/mol. The normalized spacial score (nSPS) is 22.9. The van der Waals surface area contributed by atoms with E-state index in [2.05, 4.69) is 0 Å². The molecule has 3 N–H and O–H groups in total. The summed E-state index contributed by atoms with van der Waals surface area (Å²) in [6.45, 7) is 3.95. The second-order valence-electron chi connectivity index (χ2n) is 5.70. The number of aliphatic hydroxyl groups excluding tert-OH is 1. The molecule has 5 nitrogen and oxygen atoms in total. The van der Waals surface area contributed by atoms with Gasteiger partial charge in [0.05, 0.1) is 11.0 Å². The van der Waals surface area contributed by atoms with E-state index in [9.17, 15) is 13.5 Å². The van der Waals surface area contributed by atoms with E-state index in [1.54, 1.807) is 33.0 Å². The maximum absolute atomic E-state index is 12.7. The number of nitrogens with zero attached hydrogens (tertiary/aromatic N) is 1. The Hall–Kier alpha value is -1.11. The predicted molar refractivity (Wildman–Crippen MR) is 78.9 cm³/mol. The Kier molecular flexibility index (Phi) is 4.09. The van der Waals surface area contributed by atoms with E-state index < -0.39 is 10.0 Å². The van der Waals surface area contributed by atoms with Crippen LogP contribution in [0.1, 0.15) is 24.0 Å². The SMILES string of the molecule is Cc1ccc(N)c(C)c1S(=O)(=O)N(C)CC1CC(O)C1. The number of anilines is 1. The fourth-order valence-corrected chi connectivity index (χ4v) is 4.40. The molecule has 0 saturated heterocycles. The largest absolute Gasteiger partial charge is 0.398 e. The lowest BCUT2D eigenvalue weighted by molar-refractivity contribution is 0.0367. The molecule has 1 aromatic rings. The van der Waals surface area contributed by atoms with Gasteiger partial charge in [-0.1, -0.05) is 6.07 Å². The number of hydrogen-bond donors (Lipinski definition) is 2. The highest BCUT2D eigenvalue weighted by Crippen LogP contribution is 2.31. The number of aryl methyl sites for hydroxylation is 1. The van der Waals surface area contributed by atoms with Gasteiger partial charge in [-0.25, -0.2) is 12.7 Å². The lowest BCUT2D eigenvalue weighted by Gasteiger charge is -2.34. The zero-order valence-electron chi connectivity index (χ0n) is 12.1. The number of benzene rings is 1. The Balaban J connectivity index is 2.28. The first kappa shape index (κ1) is 15.3. The third-order valence-corrected chi connectivity index (χ3v) is 6.15. The molecule has 0 heterocycles. The van der Waals surface area contributed by atoms with Gasteiger partial charge in [0.15, 0.2) is 0 Å². The molecule has 0 spiro atoms. The fraction of sp³-hybridized carbons (Fsp3) is 0.571. The number of sulfonamides is 1. The van der Waals surface area contributed by atoms with Crippen LogP contribution in [0.5, 0.6) is 0 Å². The summed E-state index contributed by atoms with van der Waals surface area (Å²) in [5, 5.41) is 9.29. The van der Waals surface area contributed by atoms with Crippen LogP contribution in [0.2, 0.25) is 0 Å². The van der Waals surface area contributed by atoms with E-state index in [-0.39, 0.29) is 12.0 Å². The van der Waals surface area contributed by atoms with Crippen molar-refractivity contribution in [1.82, 2.24) is 4.31 Å². The Labute approximate surface area is 120 Å². The van der Waals surface area contributed by atoms with Gasteiger partial charge in [0.2, 0.25) is 10.0 Å². The van der Waals surface area contributed by atoms with Crippen molar-refractivity contribution in [1.29, 1.82) is 0 Å². The fourth-order valence-electron chi connectivity index (χ4n) is 2.71. The minimum Gasteiger partial charge on any atom is -0.398 e. The summed E-state index contributed by atoms with van der Waals surface area (Å²) in [7, 11) is -1.95. The average Bonchev–Trinajstić information content (AvgIpc) is 2.32. The van der Waals surface area contributed by atoms with Crippen LogP contribution in [0.3, 0.4) is 0 Å². The first-order valence-corrected chi connectivity index (χ1v) is 8.17. The van der Waals surface area contributed by atoms with Crippen LogP contribution in [-0.4, -0.2) is 37.5 Å². The van der Waals surface area contributed by atoms with Crippen molar-refractivity contribution >= 4 is 15.7 Å². The summed E-state index contributed by atoms with van der Waals surface area (Å²) >= 11 is 0. The van der Waals surface area contributed by atoms with E-state index in [0.717, 1.165) is 0 Å². The van der Waals surface area contributed by atoms with Gasteiger partial charge in [0.25, 0.3) is 0 Å². The Morgan fingerprint density at radius 2 is 1.95 bits per heavy atom. The number of nitrogens with two attached hydrogens (primary N) is 1. The maximum atomic E-state index is 12.7. The minimum atomic E-state index is -3.54. The van der Waals surface area contributed by atoms with Crippen molar-refractivity contribution in [2.75, 3.05) is 19.3 Å². The molecule has 0 bridgehead atoms. The zero-order valence-corrected chi connectivity index (χ0v) is 12.9. The van der Waals surface area contributed by atoms with Gasteiger partial charge in [-0.15, -0.1) is 0 Å². The topological polar surface area (TPSA) is 83.6 Å². The Morgan fingerprint density at radius 1 is 1.35 bits per heavy atom. The first-order chi connectivity index (χ1) is 9.23. The third-order valence-electron chi connectivity index (χ3n) is 4.04. The van der Waals surface area contributed by atoms with Crippen LogP contribution >= 0.6 is 0 Å². The second kappa shape index (κ2) is 5.35. The standard InChI is InChI=1S/C14H22N2O3S/c1-9-4-5-13(15)10(2)14(9)20(18,19)16(3)8-11-6-12(17)7-11/h4-5,11-12,17H,6-8,15H2,1-3H3. The highest BCUT2D eigenvalue weighted by atomic mass is 32.2. The highest BCUT2D eigenvalue weighted by molar-refractivity contribution is 7.89. The molecule has 20 heavy (non-hydrogen) atoms. The molecule has 1 aliphatic carbocycles. The summed E-state index contributed by atoms with van der Waals surface area (Å²) in [6, 6.07) is 3.46. The molecule has 0 atom stereocenters. The van der Waals surface area contributed by atoms with Crippen LogP contribution < -0.4 is 5.73 Å². The Morgan fingerprint density at radius 3 is 2.50 bits per heavy atom. The third kappa shape index (κ3) is 2.68. The minimum absolute atomic E-state index is 0.242. The lowest BCUT2D eigenvalue weighted by atomic mass is 9.82. The van der Waals surface area contributed by atoms with Gasteiger partial charge in [0.1, 0.15) is 0 Å². The first-order valence-electron chi connectivity index (χ1n) is 6.73. The van der Waals surface area contributed by atoms with E-state index in [1.165, 1.54) is 4.31 Å². The average molecular weight is 298 g/mol. The van der Waals surface area contributed by atoms with Crippen molar-refractivity contribution in [2.45, 2.75) is 37.7 Å². The molecule has 2 rings (SSSR count). The molecule has 1 aliphatic rings. The van der Waals surface area contributed by atoms with Crippen LogP contribution in [0.4, 0.5) is 5.69 Å². The molecule has 1 fully saturated rings. The summed E-state index contributed by atoms with van der Waals surface area (Å²) in [5.41, 5.74) is 7.62. The van der Waals surface area contributed by atoms with Gasteiger partial charge < -0.3 is 10.8 Å². The smallest absolute Gasteiger partial charge is 0.243 e. The lowest BCUT2D eigenvalue weighted by Crippen LogP contribution is -2.39. The van der Waals surface area contributed by atoms with Crippen molar-refractivity contribution in [3.8, 4) is 0 Å². The van der Waals surface area contributed by atoms with Gasteiger partial charge >= 0.3 is 0 Å². The van der Waals surface area contributed by atoms with E-state index in [0.29, 0.717) is 41.1 Å². The molecule has 0 aromatic heterocycles. The number of aliphatic hydroxyl groups is 1. The quantitative estimate of drug-likeness (QED) is 0.820. The van der Waals surface area contributed by atoms with E-state index >= 15 is 0 Å². The molecule has 1 saturated carbocycles. The van der Waals surface area contributed by atoms with Gasteiger partial charge in [-0.2, -0.15) is 0 Å². The van der Waals surface area contributed by atoms with Crippen LogP contribution in [0.25, 0.3) is 0 Å². The molecule has 1 aromatic carbocycles. The molecule has 6 heteroatoms. The van der Waals surface area contributed by atoms with Crippen molar-refractivity contribution in [3.05, 3.63) is 23.3 Å². The summed E-state index contributed by atoms with van der Waals surface area (Å²) < 4.78 is 26.8. The van der Waals surface area contributed by atoms with Crippen molar-refractivity contribution in [3.63, 3.8) is 0 Å². The predicted octanol–water partition coefficient (Wildman–Crippen LogP) is 1.28. The highest BCUT2D eigenvalue weighted by Gasteiger charge is 2.33. The second-order valence-corrected chi connectivity index (χ2v) is 7.68. The van der Waals surface area contributed by atoms with Crippen LogP contribution in [0.15, 0.2) is 17.0 Å². The molecular formula is C14H22N2O3S. The van der Waals surface area contributed by atoms with Crippen molar-refractivity contribution < 1.29 is 13.5 Å². The summed E-state index contributed by atoms with van der Waals surface area (Å²) in [5.74, 6) is 0.242.